The predicted molar refractivity (Wildman–Crippen MR) is 100 cm³/mol. The van der Waals surface area contributed by atoms with Crippen LogP contribution in [0.1, 0.15) is 36.6 Å². The number of thioether (sulfide) groups is 2. The van der Waals surface area contributed by atoms with Crippen LogP contribution in [0.2, 0.25) is 0 Å². The van der Waals surface area contributed by atoms with E-state index < -0.39 is 0 Å². The second-order valence-corrected chi connectivity index (χ2v) is 8.23. The first kappa shape index (κ1) is 17.2. The average molecular weight is 351 g/mol. The molecule has 1 unspecified atom stereocenters. The highest BCUT2D eigenvalue weighted by Gasteiger charge is 2.32. The SMILES string of the molecule is CSc1ccc(C2SCC(=O)N2CCCCN2CCCC2)cc1. The molecule has 1 aromatic carbocycles. The number of hydrogen-bond donors (Lipinski definition) is 0. The molecule has 0 aromatic heterocycles. The lowest BCUT2D eigenvalue weighted by Crippen LogP contribution is -2.30. The van der Waals surface area contributed by atoms with Gasteiger partial charge in [-0.3, -0.25) is 4.79 Å². The smallest absolute Gasteiger partial charge is 0.233 e. The predicted octanol–water partition coefficient (Wildman–Crippen LogP) is 3.86. The van der Waals surface area contributed by atoms with E-state index in [9.17, 15) is 4.79 Å². The molecule has 0 spiro atoms. The van der Waals surface area contributed by atoms with Crippen LogP contribution in [0.4, 0.5) is 0 Å². The standard InChI is InChI=1S/C18H26N2OS2/c1-22-16-8-6-15(7-9-16)18-20(17(21)14-23-18)13-5-4-12-19-10-2-3-11-19/h6-9,18H,2-5,10-14H2,1H3. The van der Waals surface area contributed by atoms with E-state index in [1.54, 1.807) is 23.5 Å². The first-order valence-electron chi connectivity index (χ1n) is 8.55. The van der Waals surface area contributed by atoms with Gasteiger partial charge in [-0.25, -0.2) is 0 Å². The highest BCUT2D eigenvalue weighted by Crippen LogP contribution is 2.39. The lowest BCUT2D eigenvalue weighted by atomic mass is 10.2. The van der Waals surface area contributed by atoms with Crippen LogP contribution in [0, 0.1) is 0 Å². The van der Waals surface area contributed by atoms with Gasteiger partial charge in [0.1, 0.15) is 5.37 Å². The monoisotopic (exact) mass is 350 g/mol. The summed E-state index contributed by atoms with van der Waals surface area (Å²) in [7, 11) is 0. The first-order chi connectivity index (χ1) is 11.3. The molecule has 2 aliphatic rings. The zero-order valence-corrected chi connectivity index (χ0v) is 15.5. The van der Waals surface area contributed by atoms with Gasteiger partial charge < -0.3 is 9.80 Å². The van der Waals surface area contributed by atoms with Gasteiger partial charge in [-0.15, -0.1) is 23.5 Å². The average Bonchev–Trinajstić information content (AvgIpc) is 3.22. The molecule has 3 nitrogen and oxygen atoms in total. The Hall–Kier alpha value is -0.650. The maximum atomic E-state index is 12.2. The summed E-state index contributed by atoms with van der Waals surface area (Å²) in [6.07, 6.45) is 7.12. The Kier molecular flexibility index (Phi) is 6.31. The van der Waals surface area contributed by atoms with Gasteiger partial charge in [-0.2, -0.15) is 0 Å². The molecule has 2 saturated heterocycles. The number of unbranched alkanes of at least 4 members (excludes halogenated alkanes) is 1. The van der Waals surface area contributed by atoms with Gasteiger partial charge in [0.2, 0.25) is 5.91 Å². The second kappa shape index (κ2) is 8.45. The van der Waals surface area contributed by atoms with Gasteiger partial charge in [0, 0.05) is 11.4 Å². The molecule has 1 atom stereocenters. The van der Waals surface area contributed by atoms with Gasteiger partial charge in [0.05, 0.1) is 5.75 Å². The summed E-state index contributed by atoms with van der Waals surface area (Å²) in [5.74, 6) is 0.927. The third kappa shape index (κ3) is 4.46. The van der Waals surface area contributed by atoms with Crippen LogP contribution in [-0.4, -0.2) is 53.9 Å². The summed E-state index contributed by atoms with van der Waals surface area (Å²) in [6.45, 7) is 4.63. The molecule has 0 bridgehead atoms. The third-order valence-electron chi connectivity index (χ3n) is 4.69. The fraction of sp³-hybridized carbons (Fsp3) is 0.611. The number of likely N-dealkylation sites (tertiary alicyclic amines) is 1. The first-order valence-corrected chi connectivity index (χ1v) is 10.8. The van der Waals surface area contributed by atoms with Crippen molar-refractivity contribution < 1.29 is 4.79 Å². The van der Waals surface area contributed by atoms with E-state index in [0.717, 1.165) is 13.0 Å². The normalized spacial score (nSPS) is 22.2. The van der Waals surface area contributed by atoms with Crippen molar-refractivity contribution in [2.45, 2.75) is 36.0 Å². The maximum Gasteiger partial charge on any atom is 0.233 e. The molecule has 0 N–H and O–H groups in total. The van der Waals surface area contributed by atoms with Crippen LogP contribution >= 0.6 is 23.5 Å². The largest absolute Gasteiger partial charge is 0.326 e. The van der Waals surface area contributed by atoms with Crippen LogP contribution in [0.5, 0.6) is 0 Å². The zero-order valence-electron chi connectivity index (χ0n) is 13.9. The Labute approximate surface area is 148 Å². The van der Waals surface area contributed by atoms with Crippen molar-refractivity contribution in [2.24, 2.45) is 0 Å². The molecule has 1 amide bonds. The third-order valence-corrected chi connectivity index (χ3v) is 6.69. The van der Waals surface area contributed by atoms with Crippen molar-refractivity contribution in [1.29, 1.82) is 0 Å². The fourth-order valence-corrected chi connectivity index (χ4v) is 4.99. The van der Waals surface area contributed by atoms with Crippen molar-refractivity contribution in [2.75, 3.05) is 38.2 Å². The molecule has 2 fully saturated rings. The minimum atomic E-state index is 0.213. The molecule has 2 heterocycles. The van der Waals surface area contributed by atoms with Crippen LogP contribution < -0.4 is 0 Å². The Morgan fingerprint density at radius 2 is 1.83 bits per heavy atom. The highest BCUT2D eigenvalue weighted by atomic mass is 32.2. The second-order valence-electron chi connectivity index (χ2n) is 6.28. The van der Waals surface area contributed by atoms with Crippen LogP contribution in [0.3, 0.4) is 0 Å². The number of amides is 1. The van der Waals surface area contributed by atoms with E-state index in [1.165, 1.54) is 49.4 Å². The van der Waals surface area contributed by atoms with Crippen molar-refractivity contribution >= 4 is 29.4 Å². The van der Waals surface area contributed by atoms with E-state index in [4.69, 9.17) is 0 Å². The lowest BCUT2D eigenvalue weighted by molar-refractivity contribution is -0.128. The number of hydrogen-bond acceptors (Lipinski definition) is 4. The number of rotatable bonds is 7. The van der Waals surface area contributed by atoms with E-state index in [1.807, 2.05) is 0 Å². The Bertz CT molecular complexity index is 514. The fourth-order valence-electron chi connectivity index (χ4n) is 3.36. The van der Waals surface area contributed by atoms with E-state index in [-0.39, 0.29) is 5.37 Å². The van der Waals surface area contributed by atoms with Crippen LogP contribution in [0.25, 0.3) is 0 Å². The molecule has 23 heavy (non-hydrogen) atoms. The number of nitrogens with zero attached hydrogens (tertiary/aromatic N) is 2. The number of benzene rings is 1. The van der Waals surface area contributed by atoms with Crippen molar-refractivity contribution in [3.63, 3.8) is 0 Å². The van der Waals surface area contributed by atoms with Gasteiger partial charge in [0.25, 0.3) is 0 Å². The molecule has 3 rings (SSSR count). The summed E-state index contributed by atoms with van der Waals surface area (Å²) >= 11 is 3.53. The molecule has 5 heteroatoms. The summed E-state index contributed by atoms with van der Waals surface area (Å²) in [5, 5.41) is 0.213. The van der Waals surface area contributed by atoms with Crippen molar-refractivity contribution in [3.05, 3.63) is 29.8 Å². The van der Waals surface area contributed by atoms with Crippen molar-refractivity contribution in [1.82, 2.24) is 9.80 Å². The summed E-state index contributed by atoms with van der Waals surface area (Å²) in [5.41, 5.74) is 1.26. The van der Waals surface area contributed by atoms with E-state index >= 15 is 0 Å². The summed E-state index contributed by atoms with van der Waals surface area (Å²) < 4.78 is 0. The molecule has 2 aliphatic heterocycles. The lowest BCUT2D eigenvalue weighted by Gasteiger charge is -2.25. The number of carbonyl (C=O) groups is 1. The van der Waals surface area contributed by atoms with E-state index in [0.29, 0.717) is 11.7 Å². The number of carbonyl (C=O) groups excluding carboxylic acids is 1. The van der Waals surface area contributed by atoms with Gasteiger partial charge in [-0.05, 0) is 69.3 Å². The molecule has 0 aliphatic carbocycles. The van der Waals surface area contributed by atoms with Gasteiger partial charge in [-0.1, -0.05) is 12.1 Å². The Morgan fingerprint density at radius 1 is 1.13 bits per heavy atom. The molecule has 0 saturated carbocycles. The Balaban J connectivity index is 1.51. The maximum absolute atomic E-state index is 12.2. The highest BCUT2D eigenvalue weighted by molar-refractivity contribution is 8.00. The minimum Gasteiger partial charge on any atom is -0.326 e. The van der Waals surface area contributed by atoms with Gasteiger partial charge in [0.15, 0.2) is 0 Å². The quantitative estimate of drug-likeness (QED) is 0.550. The van der Waals surface area contributed by atoms with Crippen LogP contribution in [-0.2, 0) is 4.79 Å². The molecule has 126 valence electrons. The van der Waals surface area contributed by atoms with E-state index in [2.05, 4.69) is 40.3 Å². The molecular formula is C18H26N2OS2. The van der Waals surface area contributed by atoms with Gasteiger partial charge >= 0.3 is 0 Å². The summed E-state index contributed by atoms with van der Waals surface area (Å²) in [4.78, 5) is 18.1. The molecular weight excluding hydrogens is 324 g/mol. The van der Waals surface area contributed by atoms with Crippen LogP contribution in [0.15, 0.2) is 29.2 Å². The Morgan fingerprint density at radius 3 is 2.52 bits per heavy atom. The molecule has 1 aromatic rings. The topological polar surface area (TPSA) is 23.6 Å². The summed E-state index contributed by atoms with van der Waals surface area (Å²) in [6, 6.07) is 8.68. The minimum absolute atomic E-state index is 0.213. The molecule has 0 radical (unpaired) electrons. The zero-order chi connectivity index (χ0) is 16.1. The van der Waals surface area contributed by atoms with Crippen molar-refractivity contribution in [3.8, 4) is 0 Å².